The lowest BCUT2D eigenvalue weighted by Gasteiger charge is -1.98. The van der Waals surface area contributed by atoms with Crippen LogP contribution in [0.1, 0.15) is 14.9 Å². The maximum absolute atomic E-state index is 10.4. The van der Waals surface area contributed by atoms with E-state index in [1.54, 1.807) is 13.3 Å². The molecule has 0 aliphatic carbocycles. The summed E-state index contributed by atoms with van der Waals surface area (Å²) < 4.78 is 14.9. The fourth-order valence-corrected chi connectivity index (χ4v) is 0. The van der Waals surface area contributed by atoms with Gasteiger partial charge in [-0.3, -0.25) is 4.57 Å². The largest absolute Gasteiger partial charge is 0.332 e. The van der Waals surface area contributed by atoms with Gasteiger partial charge in [-0.1, -0.05) is 14.9 Å². The van der Waals surface area contributed by atoms with Gasteiger partial charge in [0.15, 0.2) is 7.37 Å². The van der Waals surface area contributed by atoms with E-state index in [0.29, 0.717) is 0 Å². The van der Waals surface area contributed by atoms with Gasteiger partial charge in [-0.2, -0.15) is 0 Å². The fourth-order valence-electron chi connectivity index (χ4n) is 0. The van der Waals surface area contributed by atoms with Gasteiger partial charge in [-0.05, 0) is 0 Å². The predicted molar refractivity (Wildman–Crippen MR) is 39.9 cm³/mol. The topological polar surface area (TPSA) is 26.3 Å². The molecule has 0 aliphatic heterocycles. The molecule has 3 heteroatoms. The van der Waals surface area contributed by atoms with Gasteiger partial charge in [-0.15, -0.1) is 0 Å². The average Bonchev–Trinajstić information content (AvgIpc) is 1.35. The minimum atomic E-state index is -2.15. The van der Waals surface area contributed by atoms with Crippen LogP contribution < -0.4 is 0 Å². The summed E-state index contributed by atoms with van der Waals surface area (Å²) in [5.41, 5.74) is 0. The molecule has 0 rings (SSSR count). The second kappa shape index (κ2) is 5.33. The van der Waals surface area contributed by atoms with E-state index in [-0.39, 0.29) is 14.9 Å². The molecule has 0 N–H and O–H groups in total. The first kappa shape index (κ1) is 15.7. The van der Waals surface area contributed by atoms with Crippen LogP contribution in [-0.4, -0.2) is 20.4 Å². The first-order valence-electron chi connectivity index (χ1n) is 1.67. The monoisotopic (exact) mass is 140 g/mol. The predicted octanol–water partition coefficient (Wildman–Crippen LogP) is 2.44. The normalized spacial score (nSPS) is 8.88. The molecule has 0 saturated carbocycles. The molecule has 0 aromatic carbocycles. The van der Waals surface area contributed by atoms with Crippen LogP contribution in [0, 0.1) is 0 Å². The molecule has 0 saturated heterocycles. The molecule has 0 unspecified atom stereocenters. The van der Waals surface area contributed by atoms with E-state index in [4.69, 9.17) is 0 Å². The van der Waals surface area contributed by atoms with Gasteiger partial charge in [0.05, 0.1) is 0 Å². The molecule has 0 amide bonds. The van der Waals surface area contributed by atoms with E-state index in [9.17, 15) is 4.57 Å². The molecule has 0 fully saturated rings. The van der Waals surface area contributed by atoms with Crippen LogP contribution in [0.4, 0.5) is 0 Å². The van der Waals surface area contributed by atoms with Crippen LogP contribution in [0.5, 0.6) is 0 Å². The quantitative estimate of drug-likeness (QED) is 0.523. The highest BCUT2D eigenvalue weighted by Gasteiger charge is 1.99. The smallest absolute Gasteiger partial charge is 0.196 e. The Bertz CT molecular complexity index is 74.5. The lowest BCUT2D eigenvalue weighted by atomic mass is 11.8. The standard InChI is InChI=1S/C3H9O2P.2CH4/c1-5-6(2,3)4;;/h1-3H3;2*1H4. The van der Waals surface area contributed by atoms with Crippen molar-refractivity contribution in [2.45, 2.75) is 14.9 Å². The molecular weight excluding hydrogens is 123 g/mol. The molecule has 2 nitrogen and oxygen atoms in total. The zero-order valence-electron chi connectivity index (χ0n) is 4.26. The van der Waals surface area contributed by atoms with E-state index < -0.39 is 7.37 Å². The fraction of sp³-hybridized carbons (Fsp3) is 1.00. The minimum Gasteiger partial charge on any atom is -0.332 e. The highest BCUT2D eigenvalue weighted by molar-refractivity contribution is 7.57. The third-order valence-corrected chi connectivity index (χ3v) is 1.32. The Hall–Kier alpha value is 0.190. The maximum atomic E-state index is 10.4. The van der Waals surface area contributed by atoms with Crippen LogP contribution in [0.25, 0.3) is 0 Å². The van der Waals surface area contributed by atoms with Crippen LogP contribution in [0.15, 0.2) is 0 Å². The first-order chi connectivity index (χ1) is 2.56. The van der Waals surface area contributed by atoms with Gasteiger partial charge >= 0.3 is 0 Å². The lowest BCUT2D eigenvalue weighted by Crippen LogP contribution is -1.74. The average molecular weight is 140 g/mol. The van der Waals surface area contributed by atoms with E-state index in [1.165, 1.54) is 7.11 Å². The second-order valence-corrected chi connectivity index (χ2v) is 4.30. The highest BCUT2D eigenvalue weighted by atomic mass is 31.2. The summed E-state index contributed by atoms with van der Waals surface area (Å²) in [5, 5.41) is 0. The van der Waals surface area contributed by atoms with Crippen LogP contribution in [0.2, 0.25) is 0 Å². The van der Waals surface area contributed by atoms with Gasteiger partial charge < -0.3 is 4.52 Å². The summed E-state index contributed by atoms with van der Waals surface area (Å²) in [6.07, 6.45) is 0. The molecule has 0 spiro atoms. The molecule has 54 valence electrons. The van der Waals surface area contributed by atoms with Crippen molar-refractivity contribution in [3.8, 4) is 0 Å². The first-order valence-corrected chi connectivity index (χ1v) is 4.19. The lowest BCUT2D eigenvalue weighted by molar-refractivity contribution is 0.404. The molecule has 0 heterocycles. The molecule has 0 aromatic heterocycles. The summed E-state index contributed by atoms with van der Waals surface area (Å²) in [5.74, 6) is 0. The summed E-state index contributed by atoms with van der Waals surface area (Å²) in [7, 11) is -0.701. The maximum Gasteiger partial charge on any atom is 0.196 e. The van der Waals surface area contributed by atoms with Gasteiger partial charge in [0, 0.05) is 20.4 Å². The minimum absolute atomic E-state index is 0. The van der Waals surface area contributed by atoms with Crippen LogP contribution in [-0.2, 0) is 9.09 Å². The van der Waals surface area contributed by atoms with Crippen molar-refractivity contribution in [2.24, 2.45) is 0 Å². The van der Waals surface area contributed by atoms with E-state index in [2.05, 4.69) is 4.52 Å². The SMILES string of the molecule is C.C.COP(C)(C)=O. The van der Waals surface area contributed by atoms with E-state index in [1.807, 2.05) is 0 Å². The summed E-state index contributed by atoms with van der Waals surface area (Å²) in [6.45, 7) is 3.15. The number of hydrogen-bond donors (Lipinski definition) is 0. The Kier molecular flexibility index (Phi) is 10.5. The van der Waals surface area contributed by atoms with Crippen molar-refractivity contribution in [1.82, 2.24) is 0 Å². The van der Waals surface area contributed by atoms with Crippen molar-refractivity contribution in [3.05, 3.63) is 0 Å². The third-order valence-electron chi connectivity index (χ3n) is 0.440. The molecule has 0 atom stereocenters. The molecule has 0 radical (unpaired) electrons. The summed E-state index contributed by atoms with van der Waals surface area (Å²) in [4.78, 5) is 0. The van der Waals surface area contributed by atoms with Crippen molar-refractivity contribution in [2.75, 3.05) is 20.4 Å². The molecule has 0 bridgehead atoms. The van der Waals surface area contributed by atoms with Crippen molar-refractivity contribution in [3.63, 3.8) is 0 Å². The zero-order chi connectivity index (χ0) is 5.21. The van der Waals surface area contributed by atoms with E-state index in [0.717, 1.165) is 0 Å². The van der Waals surface area contributed by atoms with Gasteiger partial charge in [0.1, 0.15) is 0 Å². The van der Waals surface area contributed by atoms with Crippen LogP contribution in [0.3, 0.4) is 0 Å². The Morgan fingerprint density at radius 3 is 1.38 bits per heavy atom. The Labute approximate surface area is 52.7 Å². The van der Waals surface area contributed by atoms with E-state index >= 15 is 0 Å². The summed E-state index contributed by atoms with van der Waals surface area (Å²) in [6, 6.07) is 0. The van der Waals surface area contributed by atoms with Crippen molar-refractivity contribution >= 4 is 7.37 Å². The number of hydrogen-bond acceptors (Lipinski definition) is 2. The molecule has 8 heavy (non-hydrogen) atoms. The Morgan fingerprint density at radius 1 is 1.25 bits per heavy atom. The molecular formula is C5H17O2P. The summed E-state index contributed by atoms with van der Waals surface area (Å²) >= 11 is 0. The Balaban J connectivity index is -0.000000125. The van der Waals surface area contributed by atoms with Gasteiger partial charge in [-0.25, -0.2) is 0 Å². The van der Waals surface area contributed by atoms with Crippen molar-refractivity contribution in [1.29, 1.82) is 0 Å². The zero-order valence-corrected chi connectivity index (χ0v) is 5.16. The molecule has 0 aliphatic rings. The number of rotatable bonds is 1. The van der Waals surface area contributed by atoms with Gasteiger partial charge in [0.2, 0.25) is 0 Å². The van der Waals surface area contributed by atoms with Crippen LogP contribution >= 0.6 is 7.37 Å². The highest BCUT2D eigenvalue weighted by Crippen LogP contribution is 2.35. The molecule has 0 aromatic rings. The second-order valence-electron chi connectivity index (χ2n) is 1.43. The third kappa shape index (κ3) is 16.4. The van der Waals surface area contributed by atoms with Gasteiger partial charge in [0.25, 0.3) is 0 Å². The Morgan fingerprint density at radius 2 is 1.38 bits per heavy atom. The van der Waals surface area contributed by atoms with Crippen molar-refractivity contribution < 1.29 is 9.09 Å².